The molecule has 4 aliphatic carbocycles. The molecular weight excluding hydrogens is 332 g/mol. The molecule has 5 rings (SSSR count). The number of halogens is 1. The summed E-state index contributed by atoms with van der Waals surface area (Å²) in [5.41, 5.74) is 1.61. The summed E-state index contributed by atoms with van der Waals surface area (Å²) in [5.74, 6) is 2.96. The van der Waals surface area contributed by atoms with Crippen molar-refractivity contribution in [2.75, 3.05) is 6.54 Å². The maximum Gasteiger partial charge on any atom is 0.234 e. The van der Waals surface area contributed by atoms with E-state index in [1.165, 1.54) is 44.1 Å². The molecule has 1 aromatic carbocycles. The molecule has 138 valence electrons. The molecule has 1 aromatic rings. The number of rotatable bonds is 6. The van der Waals surface area contributed by atoms with Crippen molar-refractivity contribution < 1.29 is 4.79 Å². The van der Waals surface area contributed by atoms with Crippen molar-refractivity contribution >= 4 is 18.3 Å². The van der Waals surface area contributed by atoms with Crippen molar-refractivity contribution in [3.8, 4) is 0 Å². The van der Waals surface area contributed by atoms with Crippen LogP contribution in [0.1, 0.15) is 51.0 Å². The van der Waals surface area contributed by atoms with E-state index in [1.807, 2.05) is 18.2 Å². The Hall–Kier alpha value is -1.06. The van der Waals surface area contributed by atoms with Gasteiger partial charge in [0.25, 0.3) is 0 Å². The average molecular weight is 363 g/mol. The molecule has 4 bridgehead atoms. The van der Waals surface area contributed by atoms with Gasteiger partial charge >= 0.3 is 0 Å². The molecule has 0 aliphatic heterocycles. The van der Waals surface area contributed by atoms with Gasteiger partial charge in [-0.3, -0.25) is 4.79 Å². The largest absolute Gasteiger partial charge is 0.352 e. The molecule has 4 heteroatoms. The van der Waals surface area contributed by atoms with Crippen molar-refractivity contribution in [1.29, 1.82) is 0 Å². The van der Waals surface area contributed by atoms with E-state index in [1.54, 1.807) is 0 Å². The summed E-state index contributed by atoms with van der Waals surface area (Å²) in [5, 5.41) is 6.59. The predicted molar refractivity (Wildman–Crippen MR) is 104 cm³/mol. The first kappa shape index (κ1) is 18.7. The first-order chi connectivity index (χ1) is 11.6. The molecule has 4 aliphatic rings. The normalized spacial score (nSPS) is 33.6. The van der Waals surface area contributed by atoms with Gasteiger partial charge in [-0.05, 0) is 74.2 Å². The number of carbonyl (C=O) groups is 1. The van der Waals surface area contributed by atoms with Gasteiger partial charge in [0.1, 0.15) is 0 Å². The number of carbonyl (C=O) groups excluding carboxylic acids is 1. The molecule has 25 heavy (non-hydrogen) atoms. The van der Waals surface area contributed by atoms with Crippen LogP contribution in [0.3, 0.4) is 0 Å². The second kappa shape index (κ2) is 7.67. The van der Waals surface area contributed by atoms with E-state index in [0.717, 1.165) is 24.3 Å². The van der Waals surface area contributed by atoms with Crippen LogP contribution in [0.25, 0.3) is 0 Å². The van der Waals surface area contributed by atoms with Crippen LogP contribution in [0.15, 0.2) is 30.3 Å². The Balaban J connectivity index is 0.00000182. The lowest BCUT2D eigenvalue weighted by Gasteiger charge is -2.59. The van der Waals surface area contributed by atoms with Gasteiger partial charge in [-0.25, -0.2) is 0 Å². The highest BCUT2D eigenvalue weighted by Gasteiger charge is 2.53. The monoisotopic (exact) mass is 362 g/mol. The lowest BCUT2D eigenvalue weighted by atomic mass is 9.48. The van der Waals surface area contributed by atoms with Crippen LogP contribution in [0, 0.1) is 23.2 Å². The molecule has 3 nitrogen and oxygen atoms in total. The zero-order valence-electron chi connectivity index (χ0n) is 15.2. The third-order valence-corrected chi connectivity index (χ3v) is 6.84. The second-order valence-corrected chi connectivity index (χ2v) is 8.66. The van der Waals surface area contributed by atoms with Crippen LogP contribution in [0.2, 0.25) is 0 Å². The van der Waals surface area contributed by atoms with Crippen LogP contribution in [0.5, 0.6) is 0 Å². The van der Waals surface area contributed by atoms with E-state index < -0.39 is 0 Å². The third kappa shape index (κ3) is 4.03. The third-order valence-electron chi connectivity index (χ3n) is 6.84. The molecule has 1 unspecified atom stereocenters. The molecule has 0 heterocycles. The molecule has 0 saturated heterocycles. The summed E-state index contributed by atoms with van der Waals surface area (Å²) in [7, 11) is 0. The molecule has 1 amide bonds. The topological polar surface area (TPSA) is 41.1 Å². The molecule has 1 atom stereocenters. The summed E-state index contributed by atoms with van der Waals surface area (Å²) in [6.07, 6.45) is 8.41. The standard InChI is InChI=1S/C21H30N2O.ClH/c1-15(21-10-17-7-18(11-21)9-19(8-17)12-21)23-20(24)14-22-13-16-5-3-2-4-6-16;/h2-6,15,17-19,22H,7-14H2,1H3,(H,23,24);1H. The number of benzene rings is 1. The summed E-state index contributed by atoms with van der Waals surface area (Å²) >= 11 is 0. The Morgan fingerprint density at radius 3 is 2.20 bits per heavy atom. The minimum absolute atomic E-state index is 0. The van der Waals surface area contributed by atoms with Gasteiger partial charge in [-0.1, -0.05) is 30.3 Å². The van der Waals surface area contributed by atoms with Crippen molar-refractivity contribution in [1.82, 2.24) is 10.6 Å². The fourth-order valence-corrected chi connectivity index (χ4v) is 6.07. The van der Waals surface area contributed by atoms with Crippen LogP contribution >= 0.6 is 12.4 Å². The van der Waals surface area contributed by atoms with E-state index in [9.17, 15) is 4.79 Å². The maximum absolute atomic E-state index is 12.4. The Kier molecular flexibility index (Phi) is 5.75. The first-order valence-electron chi connectivity index (χ1n) is 9.67. The summed E-state index contributed by atoms with van der Waals surface area (Å²) in [6, 6.07) is 10.6. The van der Waals surface area contributed by atoms with Crippen LogP contribution in [-0.2, 0) is 11.3 Å². The zero-order valence-corrected chi connectivity index (χ0v) is 16.0. The van der Waals surface area contributed by atoms with Crippen LogP contribution < -0.4 is 10.6 Å². The van der Waals surface area contributed by atoms with Gasteiger partial charge < -0.3 is 10.6 Å². The summed E-state index contributed by atoms with van der Waals surface area (Å²) in [4.78, 5) is 12.4. The predicted octanol–water partition coefficient (Wildman–Crippen LogP) is 3.92. The lowest BCUT2D eigenvalue weighted by molar-refractivity contribution is -0.125. The molecule has 2 N–H and O–H groups in total. The van der Waals surface area contributed by atoms with E-state index in [2.05, 4.69) is 29.7 Å². The van der Waals surface area contributed by atoms with Crippen LogP contribution in [0.4, 0.5) is 0 Å². The molecule has 0 aromatic heterocycles. The smallest absolute Gasteiger partial charge is 0.234 e. The summed E-state index contributed by atoms with van der Waals surface area (Å²) < 4.78 is 0. The van der Waals surface area contributed by atoms with Gasteiger partial charge in [0, 0.05) is 12.6 Å². The molecule has 4 fully saturated rings. The summed E-state index contributed by atoms with van der Waals surface area (Å²) in [6.45, 7) is 3.41. The Morgan fingerprint density at radius 1 is 1.08 bits per heavy atom. The number of hydrogen-bond donors (Lipinski definition) is 2. The number of amides is 1. The lowest BCUT2D eigenvalue weighted by Crippen LogP contribution is -2.56. The van der Waals surface area contributed by atoms with E-state index >= 15 is 0 Å². The van der Waals surface area contributed by atoms with Crippen molar-refractivity contribution in [3.05, 3.63) is 35.9 Å². The van der Waals surface area contributed by atoms with Gasteiger partial charge in [0.05, 0.1) is 6.54 Å². The fourth-order valence-electron chi connectivity index (χ4n) is 6.07. The number of hydrogen-bond acceptors (Lipinski definition) is 2. The quantitative estimate of drug-likeness (QED) is 0.805. The number of nitrogens with one attached hydrogen (secondary N) is 2. The Morgan fingerprint density at radius 2 is 1.64 bits per heavy atom. The highest BCUT2D eigenvalue weighted by molar-refractivity contribution is 5.85. The fraction of sp³-hybridized carbons (Fsp3) is 0.667. The first-order valence-corrected chi connectivity index (χ1v) is 9.67. The van der Waals surface area contributed by atoms with E-state index in [-0.39, 0.29) is 18.3 Å². The zero-order chi connectivity index (χ0) is 16.6. The van der Waals surface area contributed by atoms with Crippen molar-refractivity contribution in [2.24, 2.45) is 23.2 Å². The highest BCUT2D eigenvalue weighted by atomic mass is 35.5. The highest BCUT2D eigenvalue weighted by Crippen LogP contribution is 2.61. The molecular formula is C21H31ClN2O. The van der Waals surface area contributed by atoms with Gasteiger partial charge in [0.15, 0.2) is 0 Å². The second-order valence-electron chi connectivity index (χ2n) is 8.66. The van der Waals surface area contributed by atoms with Gasteiger partial charge in [-0.15, -0.1) is 12.4 Å². The van der Waals surface area contributed by atoms with E-state index in [0.29, 0.717) is 18.0 Å². The molecule has 0 radical (unpaired) electrons. The SMILES string of the molecule is CC(NC(=O)CNCc1ccccc1)C12CC3CC(CC(C3)C1)C2.Cl. The van der Waals surface area contributed by atoms with E-state index in [4.69, 9.17) is 0 Å². The van der Waals surface area contributed by atoms with Crippen molar-refractivity contribution in [3.63, 3.8) is 0 Å². The van der Waals surface area contributed by atoms with Gasteiger partial charge in [0.2, 0.25) is 5.91 Å². The Labute approximate surface area is 157 Å². The van der Waals surface area contributed by atoms with Gasteiger partial charge in [-0.2, -0.15) is 0 Å². The van der Waals surface area contributed by atoms with Crippen molar-refractivity contribution in [2.45, 2.75) is 58.0 Å². The Bertz CT molecular complexity index is 554. The molecule has 4 saturated carbocycles. The minimum atomic E-state index is 0. The van der Waals surface area contributed by atoms with Crippen LogP contribution in [-0.4, -0.2) is 18.5 Å². The minimum Gasteiger partial charge on any atom is -0.352 e. The molecule has 0 spiro atoms. The maximum atomic E-state index is 12.4. The average Bonchev–Trinajstić information content (AvgIpc) is 2.54.